The topological polar surface area (TPSA) is 98.1 Å². The first-order chi connectivity index (χ1) is 14.8. The van der Waals surface area contributed by atoms with Crippen LogP contribution in [0, 0.1) is 0 Å². The molecule has 0 aliphatic carbocycles. The summed E-state index contributed by atoms with van der Waals surface area (Å²) in [5, 5.41) is 19.0. The molecule has 0 bridgehead atoms. The van der Waals surface area contributed by atoms with Crippen molar-refractivity contribution in [2.45, 2.75) is 52.5 Å². The number of unbranched alkanes of at least 4 members (excludes halogenated alkanes) is 2. The van der Waals surface area contributed by atoms with Crippen LogP contribution in [0.1, 0.15) is 50.3 Å². The Balaban J connectivity index is 1.55. The Morgan fingerprint density at radius 1 is 1.03 bits per heavy atom. The number of nitrogens with one attached hydrogen (secondary N) is 1. The summed E-state index contributed by atoms with van der Waals surface area (Å²) in [7, 11) is 0. The van der Waals surface area contributed by atoms with Gasteiger partial charge in [0.05, 0.1) is 5.69 Å². The lowest BCUT2D eigenvalue weighted by molar-refractivity contribution is 0.531. The number of aryl methyl sites for hydroxylation is 2. The van der Waals surface area contributed by atoms with E-state index in [4.69, 9.17) is 4.98 Å². The van der Waals surface area contributed by atoms with Gasteiger partial charge in [-0.3, -0.25) is 4.98 Å². The first kappa shape index (κ1) is 19.9. The second-order valence-corrected chi connectivity index (χ2v) is 7.24. The fourth-order valence-electron chi connectivity index (χ4n) is 3.45. The number of nitrogens with zero attached hydrogens (tertiary/aromatic N) is 7. The Morgan fingerprint density at radius 2 is 1.90 bits per heavy atom. The zero-order valence-corrected chi connectivity index (χ0v) is 17.4. The lowest BCUT2D eigenvalue weighted by atomic mass is 10.0. The molecule has 4 rings (SSSR count). The average Bonchev–Trinajstić information content (AvgIpc) is 3.45. The smallest absolute Gasteiger partial charge is 0.206 e. The maximum Gasteiger partial charge on any atom is 0.206 e. The molecule has 154 valence electrons. The van der Waals surface area contributed by atoms with E-state index < -0.39 is 0 Å². The summed E-state index contributed by atoms with van der Waals surface area (Å²) in [6, 6.07) is 12.2. The number of H-pyrrole nitrogens is 1. The largest absolute Gasteiger partial charge is 0.255 e. The Bertz CT molecular complexity index is 1070. The predicted octanol–water partition coefficient (Wildman–Crippen LogP) is 3.86. The van der Waals surface area contributed by atoms with Crippen molar-refractivity contribution in [3.05, 3.63) is 59.8 Å². The Hall–Kier alpha value is -3.42. The minimum Gasteiger partial charge on any atom is -0.255 e. The highest BCUT2D eigenvalue weighted by Gasteiger charge is 2.13. The molecule has 1 aromatic carbocycles. The van der Waals surface area contributed by atoms with Crippen LogP contribution in [0.5, 0.6) is 0 Å². The molecular formula is C22H26N8. The highest BCUT2D eigenvalue weighted by atomic mass is 15.5. The summed E-state index contributed by atoms with van der Waals surface area (Å²) in [6.45, 7) is 5.24. The third kappa shape index (κ3) is 4.42. The molecule has 0 aliphatic rings. The Morgan fingerprint density at radius 3 is 2.63 bits per heavy atom. The van der Waals surface area contributed by atoms with Crippen LogP contribution >= 0.6 is 0 Å². The molecule has 30 heavy (non-hydrogen) atoms. The maximum atomic E-state index is 4.74. The van der Waals surface area contributed by atoms with Crippen LogP contribution in [0.25, 0.3) is 22.6 Å². The van der Waals surface area contributed by atoms with Gasteiger partial charge in [-0.15, -0.1) is 10.2 Å². The molecule has 0 unspecified atom stereocenters. The zero-order valence-electron chi connectivity index (χ0n) is 17.4. The molecule has 0 radical (unpaired) electrons. The zero-order chi connectivity index (χ0) is 20.8. The molecule has 1 N–H and O–H groups in total. The van der Waals surface area contributed by atoms with Gasteiger partial charge < -0.3 is 0 Å². The van der Waals surface area contributed by atoms with Gasteiger partial charge in [0.1, 0.15) is 5.82 Å². The van der Waals surface area contributed by atoms with Gasteiger partial charge in [0.25, 0.3) is 0 Å². The predicted molar refractivity (Wildman–Crippen MR) is 115 cm³/mol. The standard InChI is InChI=1S/C22H26N8/c1-3-5-6-14-30-20(24-19(4-2)27-30)15-16-9-11-17(12-10-16)21-18(8-7-13-23-21)22-25-28-29-26-22/h7-13H,3-6,14-15H2,1-2H3,(H,25,26,28,29). The second-order valence-electron chi connectivity index (χ2n) is 7.24. The number of hydrogen-bond acceptors (Lipinski definition) is 6. The molecule has 0 saturated heterocycles. The van der Waals surface area contributed by atoms with Gasteiger partial charge in [0.2, 0.25) is 5.82 Å². The molecular weight excluding hydrogens is 376 g/mol. The van der Waals surface area contributed by atoms with Gasteiger partial charge in [-0.2, -0.15) is 10.3 Å². The number of tetrazole rings is 1. The molecule has 0 aliphatic heterocycles. The summed E-state index contributed by atoms with van der Waals surface area (Å²) in [6.07, 6.45) is 6.93. The van der Waals surface area contributed by atoms with E-state index in [1.165, 1.54) is 18.4 Å². The molecule has 3 aromatic heterocycles. The van der Waals surface area contributed by atoms with Gasteiger partial charge in [-0.1, -0.05) is 51.0 Å². The van der Waals surface area contributed by atoms with E-state index in [1.807, 2.05) is 12.1 Å². The molecule has 3 heterocycles. The van der Waals surface area contributed by atoms with Crippen LogP contribution in [-0.2, 0) is 19.4 Å². The minimum absolute atomic E-state index is 0.537. The van der Waals surface area contributed by atoms with Crippen LogP contribution in [0.2, 0.25) is 0 Å². The number of hydrogen-bond donors (Lipinski definition) is 1. The molecule has 8 heteroatoms. The lowest BCUT2D eigenvalue weighted by Gasteiger charge is -2.08. The van der Waals surface area contributed by atoms with E-state index in [2.05, 4.69) is 73.5 Å². The van der Waals surface area contributed by atoms with Crippen molar-refractivity contribution in [1.82, 2.24) is 40.4 Å². The van der Waals surface area contributed by atoms with Crippen molar-refractivity contribution in [3.8, 4) is 22.6 Å². The van der Waals surface area contributed by atoms with Crippen LogP contribution in [0.3, 0.4) is 0 Å². The molecule has 0 saturated carbocycles. The number of benzene rings is 1. The van der Waals surface area contributed by atoms with Crippen LogP contribution < -0.4 is 0 Å². The van der Waals surface area contributed by atoms with E-state index in [0.717, 1.165) is 54.3 Å². The first-order valence-electron chi connectivity index (χ1n) is 10.5. The molecule has 4 aromatic rings. The summed E-state index contributed by atoms with van der Waals surface area (Å²) < 4.78 is 2.08. The average molecular weight is 403 g/mol. The van der Waals surface area contributed by atoms with Crippen molar-refractivity contribution in [2.24, 2.45) is 0 Å². The van der Waals surface area contributed by atoms with E-state index in [0.29, 0.717) is 5.82 Å². The third-order valence-electron chi connectivity index (χ3n) is 5.07. The van der Waals surface area contributed by atoms with Gasteiger partial charge in [0.15, 0.2) is 5.82 Å². The minimum atomic E-state index is 0.537. The van der Waals surface area contributed by atoms with E-state index in [-0.39, 0.29) is 0 Å². The SMILES string of the molecule is CCCCCn1nc(CC)nc1Cc1ccc(-c2ncccc2-c2nn[nH]n2)cc1. The van der Waals surface area contributed by atoms with E-state index in [1.54, 1.807) is 6.20 Å². The van der Waals surface area contributed by atoms with Crippen molar-refractivity contribution < 1.29 is 0 Å². The number of rotatable bonds is 9. The fourth-order valence-corrected chi connectivity index (χ4v) is 3.45. The van der Waals surface area contributed by atoms with Crippen molar-refractivity contribution in [2.75, 3.05) is 0 Å². The van der Waals surface area contributed by atoms with Crippen LogP contribution in [0.15, 0.2) is 42.6 Å². The first-order valence-corrected chi connectivity index (χ1v) is 10.5. The Labute approximate surface area is 175 Å². The molecule has 0 spiro atoms. The van der Waals surface area contributed by atoms with Gasteiger partial charge in [-0.05, 0) is 29.3 Å². The van der Waals surface area contributed by atoms with E-state index >= 15 is 0 Å². The number of aromatic amines is 1. The van der Waals surface area contributed by atoms with Crippen molar-refractivity contribution in [3.63, 3.8) is 0 Å². The number of aromatic nitrogens is 8. The van der Waals surface area contributed by atoms with Crippen LogP contribution in [0.4, 0.5) is 0 Å². The summed E-state index contributed by atoms with van der Waals surface area (Å²) in [4.78, 5) is 9.28. The summed E-state index contributed by atoms with van der Waals surface area (Å²) in [5.74, 6) is 2.48. The lowest BCUT2D eigenvalue weighted by Crippen LogP contribution is -2.07. The molecule has 0 fully saturated rings. The quantitative estimate of drug-likeness (QED) is 0.427. The van der Waals surface area contributed by atoms with Crippen molar-refractivity contribution >= 4 is 0 Å². The highest BCUT2D eigenvalue weighted by Crippen LogP contribution is 2.27. The summed E-state index contributed by atoms with van der Waals surface area (Å²) >= 11 is 0. The van der Waals surface area contributed by atoms with Gasteiger partial charge >= 0.3 is 0 Å². The monoisotopic (exact) mass is 402 g/mol. The molecule has 8 nitrogen and oxygen atoms in total. The highest BCUT2D eigenvalue weighted by molar-refractivity contribution is 5.76. The van der Waals surface area contributed by atoms with Crippen molar-refractivity contribution in [1.29, 1.82) is 0 Å². The van der Waals surface area contributed by atoms with E-state index in [9.17, 15) is 0 Å². The van der Waals surface area contributed by atoms with Gasteiger partial charge in [0, 0.05) is 36.7 Å². The molecule has 0 amide bonds. The second kappa shape index (κ2) is 9.39. The third-order valence-corrected chi connectivity index (χ3v) is 5.07. The molecule has 0 atom stereocenters. The fraction of sp³-hybridized carbons (Fsp3) is 0.364. The van der Waals surface area contributed by atoms with Crippen LogP contribution in [-0.4, -0.2) is 40.4 Å². The normalized spacial score (nSPS) is 11.1. The number of pyridine rings is 1. The maximum absolute atomic E-state index is 4.74. The van der Waals surface area contributed by atoms with Gasteiger partial charge in [-0.25, -0.2) is 9.67 Å². The summed E-state index contributed by atoms with van der Waals surface area (Å²) in [5.41, 5.74) is 3.89. The Kier molecular flexibility index (Phi) is 6.22.